The molecule has 0 aliphatic carbocycles. The van der Waals surface area contributed by atoms with Gasteiger partial charge in [0.1, 0.15) is 0 Å². The van der Waals surface area contributed by atoms with Crippen molar-refractivity contribution < 1.29 is 44.3 Å². The molecule has 0 aliphatic heterocycles. The number of rotatable bonds is 18. The number of unbranched alkanes of at least 4 members (excludes halogenated alkanes) is 12. The Kier molecular flexibility index (Phi) is 22.3. The third-order valence-electron chi connectivity index (χ3n) is 4.83. The Morgan fingerprint density at radius 1 is 0.778 bits per heavy atom. The molecule has 0 unspecified atom stereocenters. The van der Waals surface area contributed by atoms with E-state index in [9.17, 15) is 14.7 Å². The predicted octanol–water partition coefficient (Wildman–Crippen LogP) is 1.75. The number of aliphatic carboxylic acids is 1. The van der Waals surface area contributed by atoms with Crippen LogP contribution in [0.25, 0.3) is 0 Å². The molecule has 1 amide bonds. The molecule has 0 aliphatic rings. The summed E-state index contributed by atoms with van der Waals surface area (Å²) in [6.07, 6.45) is 17.4. The summed E-state index contributed by atoms with van der Waals surface area (Å²) >= 11 is 0. The molecule has 0 spiro atoms. The van der Waals surface area contributed by atoms with Crippen LogP contribution >= 0.6 is 0 Å². The molecule has 0 saturated carbocycles. The van der Waals surface area contributed by atoms with Crippen molar-refractivity contribution in [2.24, 2.45) is 5.92 Å². The average Bonchev–Trinajstić information content (AvgIpc) is 2.58. The molecule has 0 bridgehead atoms. The summed E-state index contributed by atoms with van der Waals surface area (Å²) in [6.45, 7) is 6.13. The molecular formula is C22H42NNaO3. The van der Waals surface area contributed by atoms with Crippen molar-refractivity contribution in [3.63, 3.8) is 0 Å². The fourth-order valence-electron chi connectivity index (χ4n) is 3.26. The van der Waals surface area contributed by atoms with Gasteiger partial charge in [-0.1, -0.05) is 97.8 Å². The quantitative estimate of drug-likeness (QED) is 0.286. The Morgan fingerprint density at radius 2 is 1.19 bits per heavy atom. The standard InChI is InChI=1S/C22H43NO3.Na/c1-4-5-6-7-8-9-10-11-12-13-14-15-16-17-21(24)23-20(22(25)26)18-19(2)3;/h19-20H,4-18H2,1-3H3,(H,23,24)(H,25,26);/q;+1/p-1/t20-;/m0./s1. The van der Waals surface area contributed by atoms with Gasteiger partial charge >= 0.3 is 29.6 Å². The molecular weight excluding hydrogens is 349 g/mol. The van der Waals surface area contributed by atoms with Crippen LogP contribution in [0.2, 0.25) is 0 Å². The van der Waals surface area contributed by atoms with Crippen LogP contribution in [0.3, 0.4) is 0 Å². The topological polar surface area (TPSA) is 69.2 Å². The Labute approximate surface area is 189 Å². The summed E-state index contributed by atoms with van der Waals surface area (Å²) in [5.74, 6) is -1.13. The van der Waals surface area contributed by atoms with E-state index >= 15 is 0 Å². The average molecular weight is 392 g/mol. The number of carboxylic acid groups (broad SMARTS) is 1. The minimum Gasteiger partial charge on any atom is -0.548 e. The van der Waals surface area contributed by atoms with Crippen molar-refractivity contribution in [2.75, 3.05) is 0 Å². The van der Waals surface area contributed by atoms with Gasteiger partial charge < -0.3 is 15.2 Å². The molecule has 27 heavy (non-hydrogen) atoms. The molecule has 1 atom stereocenters. The summed E-state index contributed by atoms with van der Waals surface area (Å²) in [6, 6.07) is -0.857. The van der Waals surface area contributed by atoms with E-state index in [1.54, 1.807) is 0 Å². The fraction of sp³-hybridized carbons (Fsp3) is 0.909. The van der Waals surface area contributed by atoms with E-state index in [1.807, 2.05) is 13.8 Å². The van der Waals surface area contributed by atoms with Gasteiger partial charge in [0.25, 0.3) is 0 Å². The molecule has 0 saturated heterocycles. The minimum atomic E-state index is -1.18. The zero-order valence-electron chi connectivity index (χ0n) is 18.5. The van der Waals surface area contributed by atoms with E-state index in [4.69, 9.17) is 0 Å². The van der Waals surface area contributed by atoms with Gasteiger partial charge in [-0.25, -0.2) is 0 Å². The fourth-order valence-corrected chi connectivity index (χ4v) is 3.26. The zero-order valence-corrected chi connectivity index (χ0v) is 20.5. The molecule has 0 rings (SSSR count). The van der Waals surface area contributed by atoms with Crippen LogP contribution in [-0.2, 0) is 9.59 Å². The first-order valence-electron chi connectivity index (χ1n) is 11.0. The van der Waals surface area contributed by atoms with Crippen LogP contribution in [-0.4, -0.2) is 17.9 Å². The second-order valence-electron chi connectivity index (χ2n) is 8.06. The first-order valence-corrected chi connectivity index (χ1v) is 11.0. The summed E-state index contributed by atoms with van der Waals surface area (Å²) < 4.78 is 0. The van der Waals surface area contributed by atoms with Crippen LogP contribution in [0.5, 0.6) is 0 Å². The number of amides is 1. The third kappa shape index (κ3) is 20.5. The van der Waals surface area contributed by atoms with Gasteiger partial charge in [0.15, 0.2) is 0 Å². The van der Waals surface area contributed by atoms with Crippen molar-refractivity contribution in [1.29, 1.82) is 0 Å². The van der Waals surface area contributed by atoms with Gasteiger partial charge in [0.05, 0.1) is 12.0 Å². The summed E-state index contributed by atoms with van der Waals surface area (Å²) in [5, 5.41) is 13.6. The largest absolute Gasteiger partial charge is 1.00 e. The first-order chi connectivity index (χ1) is 12.5. The van der Waals surface area contributed by atoms with Crippen molar-refractivity contribution in [3.8, 4) is 0 Å². The van der Waals surface area contributed by atoms with Gasteiger partial charge in [-0.3, -0.25) is 4.79 Å². The maximum Gasteiger partial charge on any atom is 1.00 e. The number of hydrogen-bond acceptors (Lipinski definition) is 3. The SMILES string of the molecule is CCCCCCCCCCCCCCCC(=O)N[C@@H](CC(C)C)C(=O)[O-].[Na+]. The van der Waals surface area contributed by atoms with Crippen molar-refractivity contribution in [1.82, 2.24) is 5.32 Å². The second-order valence-corrected chi connectivity index (χ2v) is 8.06. The first kappa shape index (κ1) is 29.1. The molecule has 0 radical (unpaired) electrons. The molecule has 154 valence electrons. The monoisotopic (exact) mass is 391 g/mol. The minimum absolute atomic E-state index is 0. The van der Waals surface area contributed by atoms with E-state index in [-0.39, 0.29) is 41.4 Å². The Morgan fingerprint density at radius 3 is 1.56 bits per heavy atom. The van der Waals surface area contributed by atoms with Crippen LogP contribution in [0.4, 0.5) is 0 Å². The third-order valence-corrected chi connectivity index (χ3v) is 4.83. The van der Waals surface area contributed by atoms with Crippen molar-refractivity contribution in [3.05, 3.63) is 0 Å². The van der Waals surface area contributed by atoms with Gasteiger partial charge in [0, 0.05) is 6.42 Å². The predicted molar refractivity (Wildman–Crippen MR) is 107 cm³/mol. The van der Waals surface area contributed by atoms with Crippen LogP contribution in [0.15, 0.2) is 0 Å². The molecule has 0 aromatic carbocycles. The van der Waals surface area contributed by atoms with Crippen molar-refractivity contribution in [2.45, 2.75) is 123 Å². The molecule has 1 N–H and O–H groups in total. The van der Waals surface area contributed by atoms with E-state index in [0.717, 1.165) is 12.8 Å². The van der Waals surface area contributed by atoms with Crippen LogP contribution in [0, 0.1) is 5.92 Å². The van der Waals surface area contributed by atoms with E-state index in [1.165, 1.54) is 70.6 Å². The molecule has 0 aromatic rings. The van der Waals surface area contributed by atoms with E-state index < -0.39 is 12.0 Å². The second kappa shape index (κ2) is 20.7. The molecule has 0 heterocycles. The van der Waals surface area contributed by atoms with Gasteiger partial charge in [0.2, 0.25) is 5.91 Å². The normalized spacial score (nSPS) is 11.9. The summed E-state index contributed by atoms with van der Waals surface area (Å²) in [7, 11) is 0. The van der Waals surface area contributed by atoms with Crippen LogP contribution < -0.4 is 40.0 Å². The molecule has 0 fully saturated rings. The number of nitrogens with one attached hydrogen (secondary N) is 1. The maximum atomic E-state index is 11.8. The number of carboxylic acids is 1. The zero-order chi connectivity index (χ0) is 19.6. The van der Waals surface area contributed by atoms with Crippen molar-refractivity contribution >= 4 is 11.9 Å². The summed E-state index contributed by atoms with van der Waals surface area (Å²) in [5.41, 5.74) is 0. The Balaban J connectivity index is 0. The number of hydrogen-bond donors (Lipinski definition) is 1. The maximum absolute atomic E-state index is 11.8. The van der Waals surface area contributed by atoms with Gasteiger partial charge in [-0.05, 0) is 18.8 Å². The van der Waals surface area contributed by atoms with E-state index in [2.05, 4.69) is 12.2 Å². The van der Waals surface area contributed by atoms with Gasteiger partial charge in [-0.2, -0.15) is 0 Å². The Bertz CT molecular complexity index is 361. The molecule has 0 aromatic heterocycles. The molecule has 5 heteroatoms. The smallest absolute Gasteiger partial charge is 0.548 e. The number of carbonyl (C=O) groups is 2. The van der Waals surface area contributed by atoms with Crippen LogP contribution in [0.1, 0.15) is 117 Å². The molecule has 4 nitrogen and oxygen atoms in total. The van der Waals surface area contributed by atoms with Gasteiger partial charge in [-0.15, -0.1) is 0 Å². The number of carbonyl (C=O) groups excluding carboxylic acids is 2. The van der Waals surface area contributed by atoms with E-state index in [0.29, 0.717) is 12.8 Å². The summed E-state index contributed by atoms with van der Waals surface area (Å²) in [4.78, 5) is 22.9. The Hall–Kier alpha value is -0.0600.